The number of anilines is 1. The van der Waals surface area contributed by atoms with Gasteiger partial charge in [-0.3, -0.25) is 4.79 Å². The van der Waals surface area contributed by atoms with Crippen LogP contribution in [0.2, 0.25) is 0 Å². The summed E-state index contributed by atoms with van der Waals surface area (Å²) in [6.07, 6.45) is 6.12. The fourth-order valence-corrected chi connectivity index (χ4v) is 2.19. The number of halogens is 1. The zero-order chi connectivity index (χ0) is 13.3. The van der Waals surface area contributed by atoms with Gasteiger partial charge in [-0.05, 0) is 43.5 Å². The minimum atomic E-state index is -0.679. The molecule has 0 aliphatic heterocycles. The molecule has 5 nitrogen and oxygen atoms in total. The minimum absolute atomic E-state index is 0. The monoisotopic (exact) mass is 292 g/mol. The molecular formula is C14H17ClN4O. The van der Waals surface area contributed by atoms with Crippen molar-refractivity contribution in [2.75, 3.05) is 5.32 Å². The number of nitrogens with zero attached hydrogens (tertiary/aromatic N) is 2. The van der Waals surface area contributed by atoms with Crippen molar-refractivity contribution in [2.45, 2.75) is 24.8 Å². The molecular weight excluding hydrogens is 276 g/mol. The van der Waals surface area contributed by atoms with Crippen LogP contribution in [0.15, 0.2) is 42.7 Å². The van der Waals surface area contributed by atoms with Gasteiger partial charge >= 0.3 is 0 Å². The zero-order valence-electron chi connectivity index (χ0n) is 11.0. The molecule has 0 atom stereocenters. The molecule has 20 heavy (non-hydrogen) atoms. The van der Waals surface area contributed by atoms with E-state index in [1.54, 1.807) is 10.9 Å². The van der Waals surface area contributed by atoms with Crippen molar-refractivity contribution in [1.29, 1.82) is 0 Å². The molecule has 3 rings (SSSR count). The Morgan fingerprint density at radius 3 is 2.75 bits per heavy atom. The largest absolute Gasteiger partial charge is 0.324 e. The molecule has 1 heterocycles. The highest BCUT2D eigenvalue weighted by atomic mass is 35.5. The lowest BCUT2D eigenvalue weighted by molar-refractivity contribution is -0.123. The number of nitrogens with one attached hydrogen (secondary N) is 1. The van der Waals surface area contributed by atoms with Crippen molar-refractivity contribution >= 4 is 24.0 Å². The Morgan fingerprint density at radius 2 is 2.15 bits per heavy atom. The molecule has 1 amide bonds. The van der Waals surface area contributed by atoms with Gasteiger partial charge < -0.3 is 11.1 Å². The van der Waals surface area contributed by atoms with Crippen LogP contribution in [0.25, 0.3) is 5.69 Å². The molecule has 0 unspecified atom stereocenters. The van der Waals surface area contributed by atoms with Gasteiger partial charge in [0.1, 0.15) is 0 Å². The summed E-state index contributed by atoms with van der Waals surface area (Å²) in [7, 11) is 0. The van der Waals surface area contributed by atoms with Crippen LogP contribution in [0.5, 0.6) is 0 Å². The van der Waals surface area contributed by atoms with Crippen molar-refractivity contribution in [3.63, 3.8) is 0 Å². The van der Waals surface area contributed by atoms with Crippen molar-refractivity contribution in [2.24, 2.45) is 5.73 Å². The first-order chi connectivity index (χ1) is 9.17. The van der Waals surface area contributed by atoms with E-state index in [4.69, 9.17) is 5.73 Å². The Kier molecular flexibility index (Phi) is 4.11. The van der Waals surface area contributed by atoms with Crippen molar-refractivity contribution in [3.05, 3.63) is 42.7 Å². The number of rotatable bonds is 3. The summed E-state index contributed by atoms with van der Waals surface area (Å²) in [5, 5.41) is 7.04. The van der Waals surface area contributed by atoms with E-state index in [0.717, 1.165) is 30.6 Å². The molecule has 3 N–H and O–H groups in total. The van der Waals surface area contributed by atoms with E-state index in [0.29, 0.717) is 0 Å². The molecule has 1 aliphatic rings. The van der Waals surface area contributed by atoms with Gasteiger partial charge in [-0.25, -0.2) is 4.68 Å². The number of carbonyl (C=O) groups is 1. The summed E-state index contributed by atoms with van der Waals surface area (Å²) in [4.78, 5) is 12.1. The highest BCUT2D eigenvalue weighted by Crippen LogP contribution is 2.30. The van der Waals surface area contributed by atoms with E-state index in [2.05, 4.69) is 10.4 Å². The topological polar surface area (TPSA) is 72.9 Å². The number of hydrogen-bond acceptors (Lipinski definition) is 3. The summed E-state index contributed by atoms with van der Waals surface area (Å²) >= 11 is 0. The van der Waals surface area contributed by atoms with Crippen LogP contribution in [-0.4, -0.2) is 21.2 Å². The lowest BCUT2D eigenvalue weighted by atomic mass is 9.77. The Morgan fingerprint density at radius 1 is 1.35 bits per heavy atom. The molecule has 1 aromatic heterocycles. The summed E-state index contributed by atoms with van der Waals surface area (Å²) in [6, 6.07) is 9.41. The standard InChI is InChI=1S/C14H16N4O.ClH/c15-14(6-2-7-14)13(19)17-11-4-1-5-12(10-11)18-9-3-8-16-18;/h1,3-5,8-10H,2,6-7,15H2,(H,17,19);1H. The zero-order valence-corrected chi connectivity index (χ0v) is 11.8. The molecule has 0 radical (unpaired) electrons. The molecule has 0 bridgehead atoms. The quantitative estimate of drug-likeness (QED) is 0.910. The molecule has 1 aliphatic carbocycles. The van der Waals surface area contributed by atoms with Crippen LogP contribution < -0.4 is 11.1 Å². The Balaban J connectivity index is 0.00000147. The Labute approximate surface area is 123 Å². The van der Waals surface area contributed by atoms with Gasteiger partial charge in [0.2, 0.25) is 5.91 Å². The average molecular weight is 293 g/mol. The summed E-state index contributed by atoms with van der Waals surface area (Å²) in [5.74, 6) is -0.101. The molecule has 0 saturated heterocycles. The molecule has 106 valence electrons. The maximum atomic E-state index is 12.1. The van der Waals surface area contributed by atoms with Crippen molar-refractivity contribution in [1.82, 2.24) is 9.78 Å². The van der Waals surface area contributed by atoms with Crippen LogP contribution in [0.1, 0.15) is 19.3 Å². The molecule has 0 spiro atoms. The second kappa shape index (κ2) is 5.64. The van der Waals surface area contributed by atoms with Gasteiger partial charge in [-0.2, -0.15) is 5.10 Å². The van der Waals surface area contributed by atoms with E-state index < -0.39 is 5.54 Å². The average Bonchev–Trinajstić information content (AvgIpc) is 2.90. The predicted octanol–water partition coefficient (Wildman–Crippen LogP) is 2.11. The molecule has 1 fully saturated rings. The first-order valence-corrected chi connectivity index (χ1v) is 6.38. The first kappa shape index (κ1) is 14.6. The third-order valence-corrected chi connectivity index (χ3v) is 3.57. The lowest BCUT2D eigenvalue weighted by Crippen LogP contribution is -2.56. The van der Waals surface area contributed by atoms with Gasteiger partial charge in [0, 0.05) is 18.1 Å². The van der Waals surface area contributed by atoms with Gasteiger partial charge in [0.15, 0.2) is 0 Å². The number of aromatic nitrogens is 2. The Bertz CT molecular complexity index is 593. The number of carbonyl (C=O) groups excluding carboxylic acids is 1. The third kappa shape index (κ3) is 2.69. The highest BCUT2D eigenvalue weighted by Gasteiger charge is 2.40. The van der Waals surface area contributed by atoms with Crippen molar-refractivity contribution < 1.29 is 4.79 Å². The van der Waals surface area contributed by atoms with Crippen LogP contribution in [0.4, 0.5) is 5.69 Å². The number of amides is 1. The maximum Gasteiger partial charge on any atom is 0.244 e. The molecule has 1 saturated carbocycles. The van der Waals surface area contributed by atoms with Gasteiger partial charge in [-0.15, -0.1) is 12.4 Å². The normalized spacial score (nSPS) is 15.8. The van der Waals surface area contributed by atoms with E-state index in [1.165, 1.54) is 0 Å². The van der Waals surface area contributed by atoms with E-state index in [1.807, 2.05) is 36.5 Å². The van der Waals surface area contributed by atoms with Crippen LogP contribution >= 0.6 is 12.4 Å². The number of hydrogen-bond donors (Lipinski definition) is 2. The second-order valence-electron chi connectivity index (χ2n) is 4.96. The van der Waals surface area contributed by atoms with Crippen LogP contribution in [0, 0.1) is 0 Å². The third-order valence-electron chi connectivity index (χ3n) is 3.57. The smallest absolute Gasteiger partial charge is 0.244 e. The van der Waals surface area contributed by atoms with Crippen LogP contribution in [0.3, 0.4) is 0 Å². The van der Waals surface area contributed by atoms with Gasteiger partial charge in [0.05, 0.1) is 11.2 Å². The minimum Gasteiger partial charge on any atom is -0.324 e. The summed E-state index contributed by atoms with van der Waals surface area (Å²) in [5.41, 5.74) is 6.97. The van der Waals surface area contributed by atoms with Crippen molar-refractivity contribution in [3.8, 4) is 5.69 Å². The highest BCUT2D eigenvalue weighted by molar-refractivity contribution is 5.98. The fourth-order valence-electron chi connectivity index (χ4n) is 2.19. The fraction of sp³-hybridized carbons (Fsp3) is 0.286. The predicted molar refractivity (Wildman–Crippen MR) is 80.2 cm³/mol. The number of benzene rings is 1. The van der Waals surface area contributed by atoms with Crippen LogP contribution in [-0.2, 0) is 4.79 Å². The first-order valence-electron chi connectivity index (χ1n) is 6.38. The summed E-state index contributed by atoms with van der Waals surface area (Å²) < 4.78 is 1.75. The summed E-state index contributed by atoms with van der Waals surface area (Å²) in [6.45, 7) is 0. The molecule has 6 heteroatoms. The van der Waals surface area contributed by atoms with Gasteiger partial charge in [0.25, 0.3) is 0 Å². The van der Waals surface area contributed by atoms with Gasteiger partial charge in [-0.1, -0.05) is 6.07 Å². The lowest BCUT2D eigenvalue weighted by Gasteiger charge is -2.36. The molecule has 2 aromatic rings. The van der Waals surface area contributed by atoms with E-state index >= 15 is 0 Å². The maximum absolute atomic E-state index is 12.1. The van der Waals surface area contributed by atoms with E-state index in [9.17, 15) is 4.79 Å². The van der Waals surface area contributed by atoms with E-state index in [-0.39, 0.29) is 18.3 Å². The SMILES string of the molecule is Cl.NC1(C(=O)Nc2cccc(-n3cccn3)c2)CCC1. The second-order valence-corrected chi connectivity index (χ2v) is 4.96. The number of nitrogens with two attached hydrogens (primary N) is 1. The Hall–Kier alpha value is -1.85. The molecule has 1 aromatic carbocycles.